The second-order valence-corrected chi connectivity index (χ2v) is 5.12. The number of alkyl halides is 3. The molecule has 0 bridgehead atoms. The van der Waals surface area contributed by atoms with E-state index in [9.17, 15) is 17.6 Å². The van der Waals surface area contributed by atoms with Gasteiger partial charge in [0.1, 0.15) is 11.9 Å². The summed E-state index contributed by atoms with van der Waals surface area (Å²) < 4.78 is 60.6. The first-order valence-corrected chi connectivity index (χ1v) is 6.94. The SMILES string of the molecule is Cl.Fc1cccc(-c2ccc(OC3CNC3)c(OC(F)(F)F)c2)c1. The van der Waals surface area contributed by atoms with E-state index in [1.807, 2.05) is 0 Å². The first-order valence-electron chi connectivity index (χ1n) is 6.94. The summed E-state index contributed by atoms with van der Waals surface area (Å²) in [6.45, 7) is 1.13. The van der Waals surface area contributed by atoms with Crippen LogP contribution in [0.5, 0.6) is 11.5 Å². The van der Waals surface area contributed by atoms with E-state index in [4.69, 9.17) is 4.74 Å². The number of halogens is 5. The van der Waals surface area contributed by atoms with Crippen LogP contribution in [0.25, 0.3) is 11.1 Å². The molecule has 0 radical (unpaired) electrons. The Morgan fingerprint density at radius 2 is 1.67 bits per heavy atom. The summed E-state index contributed by atoms with van der Waals surface area (Å²) in [6, 6.07) is 9.76. The molecule has 1 N–H and O–H groups in total. The quantitative estimate of drug-likeness (QED) is 0.827. The third kappa shape index (κ3) is 4.52. The van der Waals surface area contributed by atoms with E-state index < -0.39 is 17.9 Å². The van der Waals surface area contributed by atoms with Crippen molar-refractivity contribution in [3.63, 3.8) is 0 Å². The van der Waals surface area contributed by atoms with Gasteiger partial charge in [0.2, 0.25) is 0 Å². The Morgan fingerprint density at radius 3 is 2.25 bits per heavy atom. The molecule has 1 fully saturated rings. The summed E-state index contributed by atoms with van der Waals surface area (Å²) in [5.41, 5.74) is 0.858. The molecule has 2 aromatic rings. The van der Waals surface area contributed by atoms with Gasteiger partial charge in [-0.05, 0) is 35.4 Å². The van der Waals surface area contributed by atoms with Crippen LogP contribution in [0.1, 0.15) is 0 Å². The van der Waals surface area contributed by atoms with Crippen molar-refractivity contribution in [1.82, 2.24) is 5.32 Å². The smallest absolute Gasteiger partial charge is 0.484 e. The molecule has 130 valence electrons. The normalized spacial score (nSPS) is 14.5. The van der Waals surface area contributed by atoms with Gasteiger partial charge in [0.15, 0.2) is 11.5 Å². The maximum Gasteiger partial charge on any atom is 0.573 e. The summed E-state index contributed by atoms with van der Waals surface area (Å²) in [5.74, 6) is -0.901. The second-order valence-electron chi connectivity index (χ2n) is 5.12. The highest BCUT2D eigenvalue weighted by molar-refractivity contribution is 5.85. The fraction of sp³-hybridized carbons (Fsp3) is 0.250. The molecule has 1 saturated heterocycles. The van der Waals surface area contributed by atoms with Gasteiger partial charge < -0.3 is 14.8 Å². The van der Waals surface area contributed by atoms with Crippen LogP contribution in [0.2, 0.25) is 0 Å². The second kappa shape index (κ2) is 7.27. The van der Waals surface area contributed by atoms with Crippen molar-refractivity contribution in [3.05, 3.63) is 48.3 Å². The van der Waals surface area contributed by atoms with E-state index in [1.165, 1.54) is 30.3 Å². The minimum Gasteiger partial charge on any atom is -0.484 e. The van der Waals surface area contributed by atoms with Crippen LogP contribution in [0.3, 0.4) is 0 Å². The van der Waals surface area contributed by atoms with Crippen molar-refractivity contribution in [3.8, 4) is 22.6 Å². The maximum atomic E-state index is 13.3. The van der Waals surface area contributed by atoms with Gasteiger partial charge in [0.05, 0.1) is 0 Å². The van der Waals surface area contributed by atoms with Crippen LogP contribution >= 0.6 is 12.4 Å². The lowest BCUT2D eigenvalue weighted by Crippen LogP contribution is -2.50. The molecule has 3 nitrogen and oxygen atoms in total. The van der Waals surface area contributed by atoms with E-state index in [-0.39, 0.29) is 24.3 Å². The monoisotopic (exact) mass is 363 g/mol. The van der Waals surface area contributed by atoms with Crippen molar-refractivity contribution in [2.24, 2.45) is 0 Å². The van der Waals surface area contributed by atoms with E-state index in [1.54, 1.807) is 12.1 Å². The highest BCUT2D eigenvalue weighted by Gasteiger charge is 2.33. The zero-order chi connectivity index (χ0) is 16.4. The van der Waals surface area contributed by atoms with Crippen molar-refractivity contribution in [1.29, 1.82) is 0 Å². The number of benzene rings is 2. The third-order valence-electron chi connectivity index (χ3n) is 3.36. The van der Waals surface area contributed by atoms with Crippen LogP contribution < -0.4 is 14.8 Å². The average Bonchev–Trinajstić information content (AvgIpc) is 2.42. The molecule has 1 aliphatic rings. The van der Waals surface area contributed by atoms with E-state index in [2.05, 4.69) is 10.1 Å². The van der Waals surface area contributed by atoms with E-state index in [0.717, 1.165) is 0 Å². The molecule has 24 heavy (non-hydrogen) atoms. The van der Waals surface area contributed by atoms with Crippen LogP contribution in [0, 0.1) is 5.82 Å². The molecule has 0 aromatic heterocycles. The molecular weight excluding hydrogens is 350 g/mol. The molecule has 3 rings (SSSR count). The summed E-state index contributed by atoms with van der Waals surface area (Å²) in [7, 11) is 0. The lowest BCUT2D eigenvalue weighted by molar-refractivity contribution is -0.275. The molecule has 0 amide bonds. The van der Waals surface area contributed by atoms with Crippen molar-refractivity contribution in [2.45, 2.75) is 12.5 Å². The van der Waals surface area contributed by atoms with Crippen LogP contribution in [0.4, 0.5) is 17.6 Å². The fourth-order valence-electron chi connectivity index (χ4n) is 2.18. The lowest BCUT2D eigenvalue weighted by atomic mass is 10.0. The zero-order valence-corrected chi connectivity index (χ0v) is 13.1. The van der Waals surface area contributed by atoms with Crippen LogP contribution in [-0.2, 0) is 0 Å². The highest BCUT2D eigenvalue weighted by Crippen LogP contribution is 2.37. The van der Waals surface area contributed by atoms with E-state index in [0.29, 0.717) is 24.2 Å². The Kier molecular flexibility index (Phi) is 5.56. The minimum absolute atomic E-state index is 0. The first kappa shape index (κ1) is 18.4. The van der Waals surface area contributed by atoms with Gasteiger partial charge in [-0.1, -0.05) is 18.2 Å². The van der Waals surface area contributed by atoms with E-state index >= 15 is 0 Å². The van der Waals surface area contributed by atoms with Crippen LogP contribution in [-0.4, -0.2) is 25.6 Å². The molecule has 2 aromatic carbocycles. The Balaban J connectivity index is 0.00000208. The number of ether oxygens (including phenoxy) is 2. The number of rotatable bonds is 4. The zero-order valence-electron chi connectivity index (χ0n) is 12.3. The molecule has 8 heteroatoms. The number of hydrogen-bond acceptors (Lipinski definition) is 3. The molecule has 0 unspecified atom stereocenters. The number of hydrogen-bond donors (Lipinski definition) is 1. The van der Waals surface area contributed by atoms with Gasteiger partial charge >= 0.3 is 6.36 Å². The lowest BCUT2D eigenvalue weighted by Gasteiger charge is -2.28. The standard InChI is InChI=1S/C16H13F4NO2.ClH/c17-12-3-1-2-10(6-12)11-4-5-14(22-13-8-21-9-13)15(7-11)23-16(18,19)20;/h1-7,13,21H,8-9H2;1H. The Bertz CT molecular complexity index is 705. The third-order valence-corrected chi connectivity index (χ3v) is 3.36. The van der Waals surface area contributed by atoms with Crippen molar-refractivity contribution >= 4 is 12.4 Å². The molecular formula is C16H14ClF4NO2. The van der Waals surface area contributed by atoms with Crippen molar-refractivity contribution < 1.29 is 27.0 Å². The van der Waals surface area contributed by atoms with Gasteiger partial charge in [-0.3, -0.25) is 0 Å². The van der Waals surface area contributed by atoms with Gasteiger partial charge in [-0.25, -0.2) is 4.39 Å². The summed E-state index contributed by atoms with van der Waals surface area (Å²) in [5, 5.41) is 2.96. The Hall–Kier alpha value is -1.99. The molecule has 0 spiro atoms. The topological polar surface area (TPSA) is 30.5 Å². The molecule has 0 aliphatic carbocycles. The fourth-order valence-corrected chi connectivity index (χ4v) is 2.18. The predicted octanol–water partition coefficient (Wildman–Crippen LogP) is 4.16. The molecule has 1 heterocycles. The van der Waals surface area contributed by atoms with Gasteiger partial charge in [0, 0.05) is 13.1 Å². The average molecular weight is 364 g/mol. The molecule has 1 aliphatic heterocycles. The Morgan fingerprint density at radius 1 is 0.958 bits per heavy atom. The minimum atomic E-state index is -4.84. The van der Waals surface area contributed by atoms with Crippen LogP contribution in [0.15, 0.2) is 42.5 Å². The predicted molar refractivity (Wildman–Crippen MR) is 83.1 cm³/mol. The summed E-state index contributed by atoms with van der Waals surface area (Å²) >= 11 is 0. The summed E-state index contributed by atoms with van der Waals surface area (Å²) in [4.78, 5) is 0. The molecule has 0 saturated carbocycles. The highest BCUT2D eigenvalue weighted by atomic mass is 35.5. The molecule has 0 atom stereocenters. The van der Waals surface area contributed by atoms with Gasteiger partial charge in [-0.2, -0.15) is 0 Å². The van der Waals surface area contributed by atoms with Gasteiger partial charge in [0.25, 0.3) is 0 Å². The largest absolute Gasteiger partial charge is 0.573 e. The first-order chi connectivity index (χ1) is 10.9. The maximum absolute atomic E-state index is 13.3. The summed E-state index contributed by atoms with van der Waals surface area (Å²) in [6.07, 6.45) is -5.03. The Labute approximate surface area is 142 Å². The number of nitrogens with one attached hydrogen (secondary N) is 1. The van der Waals surface area contributed by atoms with Gasteiger partial charge in [-0.15, -0.1) is 25.6 Å². The van der Waals surface area contributed by atoms with Crippen molar-refractivity contribution in [2.75, 3.05) is 13.1 Å².